The lowest BCUT2D eigenvalue weighted by Crippen LogP contribution is -1.96. The number of hydrogen-bond donors (Lipinski definition) is 0. The smallest absolute Gasteiger partial charge is 0.236 e. The summed E-state index contributed by atoms with van der Waals surface area (Å²) in [6.07, 6.45) is 3.45. The zero-order valence-corrected chi connectivity index (χ0v) is 12.8. The second kappa shape index (κ2) is 8.69. The molecule has 22 heavy (non-hydrogen) atoms. The lowest BCUT2D eigenvalue weighted by molar-refractivity contribution is 0.105. The van der Waals surface area contributed by atoms with Crippen LogP contribution in [0.25, 0.3) is 0 Å². The summed E-state index contributed by atoms with van der Waals surface area (Å²) in [5, 5.41) is 0. The van der Waals surface area contributed by atoms with E-state index in [9.17, 15) is 4.79 Å². The predicted octanol–water partition coefficient (Wildman–Crippen LogP) is 4.49. The summed E-state index contributed by atoms with van der Waals surface area (Å²) in [7, 11) is 0. The molecule has 2 rings (SSSR count). The van der Waals surface area contributed by atoms with Crippen molar-refractivity contribution in [3.8, 4) is 17.6 Å². The van der Waals surface area contributed by atoms with Gasteiger partial charge in [0, 0.05) is 11.1 Å². The summed E-state index contributed by atoms with van der Waals surface area (Å²) in [6.45, 7) is 2.91. The third-order valence-electron chi connectivity index (χ3n) is 3.23. The maximum atomic E-state index is 11.9. The number of benzene rings is 2. The minimum Gasteiger partial charge on any atom is -0.494 e. The van der Waals surface area contributed by atoms with Crippen molar-refractivity contribution in [1.29, 1.82) is 0 Å². The summed E-state index contributed by atoms with van der Waals surface area (Å²) in [5.74, 6) is 6.23. The fraction of sp³-hybridized carbons (Fsp3) is 0.250. The van der Waals surface area contributed by atoms with Crippen LogP contribution >= 0.6 is 0 Å². The molecule has 2 aromatic carbocycles. The fourth-order valence-electron chi connectivity index (χ4n) is 1.97. The standard InChI is InChI=1S/C20H20O2/c1-2-3-7-16-22-19-13-10-17(11-14-19)12-15-20(21)18-8-5-4-6-9-18/h4-6,8-11,13-14H,2-3,7,16H2,1H3. The van der Waals surface area contributed by atoms with Crippen LogP contribution in [0.1, 0.15) is 42.1 Å². The number of ketones is 1. The van der Waals surface area contributed by atoms with Crippen LogP contribution in [0.2, 0.25) is 0 Å². The molecular weight excluding hydrogens is 272 g/mol. The molecule has 0 fully saturated rings. The van der Waals surface area contributed by atoms with E-state index in [2.05, 4.69) is 18.8 Å². The van der Waals surface area contributed by atoms with Gasteiger partial charge in [-0.1, -0.05) is 56.0 Å². The highest BCUT2D eigenvalue weighted by Crippen LogP contribution is 2.12. The maximum absolute atomic E-state index is 11.9. The number of Topliss-reactive ketones (excluding diaryl/α,β-unsaturated/α-hetero) is 1. The molecule has 0 atom stereocenters. The van der Waals surface area contributed by atoms with Gasteiger partial charge in [0.25, 0.3) is 0 Å². The molecule has 0 aromatic heterocycles. The third-order valence-corrected chi connectivity index (χ3v) is 3.23. The number of carbonyl (C=O) groups is 1. The molecule has 0 heterocycles. The summed E-state index contributed by atoms with van der Waals surface area (Å²) in [5.41, 5.74) is 1.43. The molecule has 2 heteroatoms. The van der Waals surface area contributed by atoms with Gasteiger partial charge < -0.3 is 4.74 Å². The molecule has 0 spiro atoms. The highest BCUT2D eigenvalue weighted by atomic mass is 16.5. The zero-order chi connectivity index (χ0) is 15.6. The van der Waals surface area contributed by atoms with Crippen LogP contribution in [-0.2, 0) is 0 Å². The molecular formula is C20H20O2. The largest absolute Gasteiger partial charge is 0.494 e. The Morgan fingerprint density at radius 2 is 1.73 bits per heavy atom. The predicted molar refractivity (Wildman–Crippen MR) is 89.1 cm³/mol. The molecule has 0 aliphatic carbocycles. The quantitative estimate of drug-likeness (QED) is 0.445. The van der Waals surface area contributed by atoms with Crippen molar-refractivity contribution in [3.05, 3.63) is 65.7 Å². The van der Waals surface area contributed by atoms with Crippen molar-refractivity contribution in [2.24, 2.45) is 0 Å². The minimum atomic E-state index is -0.166. The molecule has 112 valence electrons. The summed E-state index contributed by atoms with van der Waals surface area (Å²) in [6, 6.07) is 16.6. The Bertz CT molecular complexity index is 646. The van der Waals surface area contributed by atoms with E-state index >= 15 is 0 Å². The highest BCUT2D eigenvalue weighted by Gasteiger charge is 1.99. The van der Waals surface area contributed by atoms with Gasteiger partial charge in [-0.25, -0.2) is 0 Å². The molecule has 2 aromatic rings. The van der Waals surface area contributed by atoms with Gasteiger partial charge in [0.15, 0.2) is 0 Å². The van der Waals surface area contributed by atoms with Crippen molar-refractivity contribution >= 4 is 5.78 Å². The van der Waals surface area contributed by atoms with Gasteiger partial charge in [-0.15, -0.1) is 0 Å². The van der Waals surface area contributed by atoms with E-state index in [0.717, 1.165) is 24.3 Å². The average Bonchev–Trinajstić information content (AvgIpc) is 2.58. The van der Waals surface area contributed by atoms with E-state index in [1.807, 2.05) is 42.5 Å². The summed E-state index contributed by atoms with van der Waals surface area (Å²) in [4.78, 5) is 11.9. The van der Waals surface area contributed by atoms with E-state index in [0.29, 0.717) is 5.56 Å². The van der Waals surface area contributed by atoms with E-state index in [-0.39, 0.29) is 5.78 Å². The summed E-state index contributed by atoms with van der Waals surface area (Å²) < 4.78 is 5.64. The topological polar surface area (TPSA) is 26.3 Å². The van der Waals surface area contributed by atoms with Crippen molar-refractivity contribution < 1.29 is 9.53 Å². The molecule has 0 saturated carbocycles. The Hall–Kier alpha value is -2.53. The van der Waals surface area contributed by atoms with Crippen molar-refractivity contribution in [1.82, 2.24) is 0 Å². The van der Waals surface area contributed by atoms with Crippen LogP contribution in [0.4, 0.5) is 0 Å². The fourth-order valence-corrected chi connectivity index (χ4v) is 1.97. The number of hydrogen-bond acceptors (Lipinski definition) is 2. The molecule has 2 nitrogen and oxygen atoms in total. The third kappa shape index (κ3) is 5.10. The van der Waals surface area contributed by atoms with Crippen molar-refractivity contribution in [2.45, 2.75) is 26.2 Å². The van der Waals surface area contributed by atoms with Crippen LogP contribution in [0.5, 0.6) is 5.75 Å². The lowest BCUT2D eigenvalue weighted by atomic mass is 10.1. The Kier molecular flexibility index (Phi) is 6.26. The molecule has 0 N–H and O–H groups in total. The van der Waals surface area contributed by atoms with Gasteiger partial charge in [0.05, 0.1) is 6.61 Å². The zero-order valence-electron chi connectivity index (χ0n) is 12.8. The number of unbranched alkanes of at least 4 members (excludes halogenated alkanes) is 2. The van der Waals surface area contributed by atoms with Crippen molar-refractivity contribution in [3.63, 3.8) is 0 Å². The van der Waals surface area contributed by atoms with Gasteiger partial charge in [-0.2, -0.15) is 0 Å². The molecule has 0 aliphatic rings. The Morgan fingerprint density at radius 1 is 1.00 bits per heavy atom. The van der Waals surface area contributed by atoms with Crippen LogP contribution in [0.3, 0.4) is 0 Å². The first-order valence-electron chi connectivity index (χ1n) is 7.64. The van der Waals surface area contributed by atoms with Gasteiger partial charge >= 0.3 is 0 Å². The molecule has 0 bridgehead atoms. The van der Waals surface area contributed by atoms with Crippen LogP contribution in [0.15, 0.2) is 54.6 Å². The first kappa shape index (κ1) is 15.9. The van der Waals surface area contributed by atoms with E-state index in [1.54, 1.807) is 12.1 Å². The molecule has 0 saturated heterocycles. The van der Waals surface area contributed by atoms with Crippen LogP contribution < -0.4 is 4.74 Å². The maximum Gasteiger partial charge on any atom is 0.236 e. The molecule has 0 unspecified atom stereocenters. The number of rotatable bonds is 6. The van der Waals surface area contributed by atoms with E-state index in [4.69, 9.17) is 4.74 Å². The van der Waals surface area contributed by atoms with E-state index in [1.165, 1.54) is 12.8 Å². The van der Waals surface area contributed by atoms with Gasteiger partial charge in [0.2, 0.25) is 5.78 Å². The number of carbonyl (C=O) groups excluding carboxylic acids is 1. The minimum absolute atomic E-state index is 0.166. The molecule has 0 amide bonds. The monoisotopic (exact) mass is 292 g/mol. The summed E-state index contributed by atoms with van der Waals surface area (Å²) >= 11 is 0. The van der Waals surface area contributed by atoms with Gasteiger partial charge in [0.1, 0.15) is 5.75 Å². The van der Waals surface area contributed by atoms with Gasteiger partial charge in [-0.05, 0) is 36.6 Å². The van der Waals surface area contributed by atoms with E-state index < -0.39 is 0 Å². The normalized spacial score (nSPS) is 9.68. The first-order valence-corrected chi connectivity index (χ1v) is 7.64. The molecule has 0 radical (unpaired) electrons. The first-order chi connectivity index (χ1) is 10.8. The second-order valence-corrected chi connectivity index (χ2v) is 5.03. The Labute approximate surface area is 132 Å². The number of ether oxygens (including phenoxy) is 1. The Balaban J connectivity index is 1.92. The lowest BCUT2D eigenvalue weighted by Gasteiger charge is -2.05. The van der Waals surface area contributed by atoms with Crippen LogP contribution in [0, 0.1) is 11.8 Å². The Morgan fingerprint density at radius 3 is 2.41 bits per heavy atom. The van der Waals surface area contributed by atoms with Gasteiger partial charge in [-0.3, -0.25) is 4.79 Å². The SMILES string of the molecule is CCCCCOc1ccc(C#CC(=O)c2ccccc2)cc1. The second-order valence-electron chi connectivity index (χ2n) is 5.03. The average molecular weight is 292 g/mol. The highest BCUT2D eigenvalue weighted by molar-refractivity contribution is 6.09. The van der Waals surface area contributed by atoms with Crippen LogP contribution in [-0.4, -0.2) is 12.4 Å². The van der Waals surface area contributed by atoms with Crippen molar-refractivity contribution in [2.75, 3.05) is 6.61 Å². The molecule has 0 aliphatic heterocycles.